The molecule has 0 rings (SSSR count). The highest BCUT2D eigenvalue weighted by molar-refractivity contribution is 5.76. The third kappa shape index (κ3) is 4.18. The molecule has 0 N–H and O–H groups in total. The van der Waals surface area contributed by atoms with Crippen LogP contribution in [0.3, 0.4) is 0 Å². The Kier molecular flexibility index (Phi) is 6.53. The van der Waals surface area contributed by atoms with Gasteiger partial charge in [-0.15, -0.1) is 0 Å². The lowest BCUT2D eigenvalue weighted by atomic mass is 9.78. The summed E-state index contributed by atoms with van der Waals surface area (Å²) < 4.78 is 17.8. The minimum atomic E-state index is -0.711. The average molecular weight is 218 g/mol. The Bertz CT molecular complexity index is 186. The van der Waals surface area contributed by atoms with Crippen molar-refractivity contribution in [2.24, 2.45) is 11.3 Å². The van der Waals surface area contributed by atoms with Crippen LogP contribution in [-0.4, -0.2) is 19.3 Å². The van der Waals surface area contributed by atoms with Crippen molar-refractivity contribution in [1.82, 2.24) is 0 Å². The molecule has 0 amide bonds. The van der Waals surface area contributed by atoms with Crippen LogP contribution in [0.4, 0.5) is 4.39 Å². The first-order chi connectivity index (χ1) is 7.00. The molecule has 0 aromatic heterocycles. The molecule has 1 atom stereocenters. The number of halogens is 1. The van der Waals surface area contributed by atoms with Crippen LogP contribution in [0, 0.1) is 11.3 Å². The topological polar surface area (TPSA) is 26.3 Å². The van der Waals surface area contributed by atoms with Gasteiger partial charge in [0.2, 0.25) is 0 Å². The van der Waals surface area contributed by atoms with Crippen LogP contribution < -0.4 is 0 Å². The van der Waals surface area contributed by atoms with Crippen LogP contribution in [0.5, 0.6) is 0 Å². The Morgan fingerprint density at radius 3 is 2.40 bits per heavy atom. The molecule has 15 heavy (non-hydrogen) atoms. The number of hydrogen-bond donors (Lipinski definition) is 0. The Labute approximate surface area is 92.2 Å². The number of carbonyl (C=O) groups is 1. The van der Waals surface area contributed by atoms with Crippen LogP contribution in [0.25, 0.3) is 0 Å². The Hall–Kier alpha value is -0.600. The van der Waals surface area contributed by atoms with Gasteiger partial charge in [0.15, 0.2) is 0 Å². The van der Waals surface area contributed by atoms with Gasteiger partial charge in [-0.25, -0.2) is 0 Å². The van der Waals surface area contributed by atoms with E-state index in [1.807, 2.05) is 13.8 Å². The molecule has 0 spiro atoms. The van der Waals surface area contributed by atoms with Crippen molar-refractivity contribution in [1.29, 1.82) is 0 Å². The fourth-order valence-corrected chi connectivity index (χ4v) is 1.47. The summed E-state index contributed by atoms with van der Waals surface area (Å²) >= 11 is 0. The first kappa shape index (κ1) is 14.4. The molecule has 0 heterocycles. The quantitative estimate of drug-likeness (QED) is 0.484. The predicted octanol–water partition coefficient (Wildman–Crippen LogP) is 3.35. The minimum Gasteiger partial charge on any atom is -0.465 e. The van der Waals surface area contributed by atoms with Crippen LogP contribution in [-0.2, 0) is 9.53 Å². The number of esters is 1. The molecule has 0 aliphatic heterocycles. The normalized spacial score (nSPS) is 13.7. The maximum atomic E-state index is 12.7. The number of alkyl halides is 1. The van der Waals surface area contributed by atoms with Gasteiger partial charge in [0.05, 0.1) is 18.7 Å². The summed E-state index contributed by atoms with van der Waals surface area (Å²) in [4.78, 5) is 11.7. The van der Waals surface area contributed by atoms with E-state index in [2.05, 4.69) is 0 Å². The van der Waals surface area contributed by atoms with Gasteiger partial charge >= 0.3 is 5.97 Å². The van der Waals surface area contributed by atoms with Crippen LogP contribution in [0.15, 0.2) is 0 Å². The monoisotopic (exact) mass is 218 g/mol. The highest BCUT2D eigenvalue weighted by atomic mass is 19.1. The molecule has 0 fully saturated rings. The summed E-state index contributed by atoms with van der Waals surface area (Å²) in [7, 11) is 0. The highest BCUT2D eigenvalue weighted by Gasteiger charge is 2.37. The summed E-state index contributed by atoms with van der Waals surface area (Å²) in [5.41, 5.74) is -0.711. The van der Waals surface area contributed by atoms with Crippen LogP contribution in [0.1, 0.15) is 47.0 Å². The average Bonchev–Trinajstić information content (AvgIpc) is 2.19. The summed E-state index contributed by atoms with van der Waals surface area (Å²) in [6.07, 6.45) is 2.52. The van der Waals surface area contributed by atoms with E-state index in [4.69, 9.17) is 4.74 Å². The molecule has 1 unspecified atom stereocenters. The van der Waals surface area contributed by atoms with Crippen molar-refractivity contribution in [3.05, 3.63) is 0 Å². The number of rotatable bonds is 7. The van der Waals surface area contributed by atoms with E-state index < -0.39 is 12.1 Å². The molecular weight excluding hydrogens is 195 g/mol. The number of hydrogen-bond acceptors (Lipinski definition) is 2. The molecule has 0 saturated heterocycles. The number of carbonyl (C=O) groups excluding carboxylic acids is 1. The molecule has 3 heteroatoms. The van der Waals surface area contributed by atoms with E-state index in [9.17, 15) is 9.18 Å². The van der Waals surface area contributed by atoms with Gasteiger partial charge in [0.1, 0.15) is 0 Å². The fourth-order valence-electron chi connectivity index (χ4n) is 1.47. The number of ether oxygens (including phenoxy) is 1. The summed E-state index contributed by atoms with van der Waals surface area (Å²) in [5.74, 6) is -0.521. The van der Waals surface area contributed by atoms with Gasteiger partial charge in [0, 0.05) is 5.92 Å². The zero-order valence-electron chi connectivity index (χ0n) is 10.3. The van der Waals surface area contributed by atoms with E-state index in [0.29, 0.717) is 13.0 Å². The Morgan fingerprint density at radius 1 is 1.40 bits per heavy atom. The van der Waals surface area contributed by atoms with Crippen molar-refractivity contribution >= 4 is 5.97 Å². The first-order valence-electron chi connectivity index (χ1n) is 5.73. The molecular formula is C12H23FO2. The molecule has 90 valence electrons. The summed E-state index contributed by atoms with van der Waals surface area (Å²) in [5, 5.41) is 0. The first-order valence-corrected chi connectivity index (χ1v) is 5.73. The highest BCUT2D eigenvalue weighted by Crippen LogP contribution is 2.31. The summed E-state index contributed by atoms with van der Waals surface area (Å²) in [6, 6.07) is 0. The fraction of sp³-hybridized carbons (Fsp3) is 0.917. The molecule has 0 radical (unpaired) electrons. The van der Waals surface area contributed by atoms with E-state index in [1.165, 1.54) is 0 Å². The standard InChI is InChI=1S/C12H23FO2/c1-5-7-8-15-11(14)12(3,4)10(6-2)9-13/h10H,5-9H2,1-4H3. The van der Waals surface area contributed by atoms with Crippen molar-refractivity contribution in [3.63, 3.8) is 0 Å². The van der Waals surface area contributed by atoms with E-state index >= 15 is 0 Å². The Balaban J connectivity index is 4.23. The van der Waals surface area contributed by atoms with Gasteiger partial charge < -0.3 is 4.74 Å². The minimum absolute atomic E-state index is 0.244. The van der Waals surface area contributed by atoms with Gasteiger partial charge in [-0.05, 0) is 26.7 Å². The molecule has 0 saturated carbocycles. The third-order valence-corrected chi connectivity index (χ3v) is 2.96. The lowest BCUT2D eigenvalue weighted by molar-refractivity contribution is -0.157. The molecule has 0 aromatic rings. The second-order valence-corrected chi connectivity index (χ2v) is 4.47. The van der Waals surface area contributed by atoms with Crippen LogP contribution in [0.2, 0.25) is 0 Å². The SMILES string of the molecule is CCCCOC(=O)C(C)(C)C(CC)CF. The van der Waals surface area contributed by atoms with E-state index in [-0.39, 0.29) is 11.9 Å². The van der Waals surface area contributed by atoms with Crippen molar-refractivity contribution in [3.8, 4) is 0 Å². The maximum Gasteiger partial charge on any atom is 0.311 e. The smallest absolute Gasteiger partial charge is 0.311 e. The molecule has 0 aliphatic carbocycles. The second kappa shape index (κ2) is 6.81. The predicted molar refractivity (Wildman–Crippen MR) is 59.4 cm³/mol. The second-order valence-electron chi connectivity index (χ2n) is 4.47. The van der Waals surface area contributed by atoms with Crippen LogP contribution >= 0.6 is 0 Å². The van der Waals surface area contributed by atoms with Crippen molar-refractivity contribution in [2.45, 2.75) is 47.0 Å². The zero-order chi connectivity index (χ0) is 11.9. The maximum absolute atomic E-state index is 12.7. The van der Waals surface area contributed by atoms with Crippen molar-refractivity contribution in [2.75, 3.05) is 13.3 Å². The molecule has 0 aromatic carbocycles. The van der Waals surface area contributed by atoms with Gasteiger partial charge in [-0.1, -0.05) is 20.3 Å². The lowest BCUT2D eigenvalue weighted by Gasteiger charge is -2.29. The Morgan fingerprint density at radius 2 is 2.00 bits per heavy atom. The van der Waals surface area contributed by atoms with Gasteiger partial charge in [0.25, 0.3) is 0 Å². The lowest BCUT2D eigenvalue weighted by Crippen LogP contribution is -2.35. The van der Waals surface area contributed by atoms with Crippen molar-refractivity contribution < 1.29 is 13.9 Å². The molecule has 2 nitrogen and oxygen atoms in total. The molecule has 0 bridgehead atoms. The summed E-state index contributed by atoms with van der Waals surface area (Å²) in [6.45, 7) is 7.43. The molecule has 0 aliphatic rings. The van der Waals surface area contributed by atoms with Gasteiger partial charge in [-0.3, -0.25) is 9.18 Å². The zero-order valence-corrected chi connectivity index (χ0v) is 10.3. The third-order valence-electron chi connectivity index (χ3n) is 2.96. The van der Waals surface area contributed by atoms with Gasteiger partial charge in [-0.2, -0.15) is 0 Å². The van der Waals surface area contributed by atoms with E-state index in [0.717, 1.165) is 12.8 Å². The van der Waals surface area contributed by atoms with E-state index in [1.54, 1.807) is 13.8 Å². The number of unbranched alkanes of at least 4 members (excludes halogenated alkanes) is 1. The largest absolute Gasteiger partial charge is 0.465 e.